The van der Waals surface area contributed by atoms with E-state index >= 15 is 0 Å². The van der Waals surface area contributed by atoms with Gasteiger partial charge in [-0.25, -0.2) is 23.2 Å². The molecule has 0 fully saturated rings. The summed E-state index contributed by atoms with van der Waals surface area (Å²) in [6, 6.07) is 0.939. The molecular formula is C12H14N4O4S. The van der Waals surface area contributed by atoms with Gasteiger partial charge in [0.1, 0.15) is 16.9 Å². The van der Waals surface area contributed by atoms with Crippen molar-refractivity contribution in [2.24, 2.45) is 0 Å². The number of rotatable bonds is 5. The third-order valence-corrected chi connectivity index (χ3v) is 4.07. The minimum absolute atomic E-state index is 0.0883. The minimum Gasteiger partial charge on any atom is -0.477 e. The van der Waals surface area contributed by atoms with Crippen LogP contribution in [0.3, 0.4) is 0 Å². The number of sulfonamides is 1. The Kier molecular flexibility index (Phi) is 3.94. The fourth-order valence-corrected chi connectivity index (χ4v) is 2.82. The van der Waals surface area contributed by atoms with Crippen molar-refractivity contribution in [2.45, 2.75) is 24.8 Å². The fraction of sp³-hybridized carbons (Fsp3) is 0.250. The number of carbonyl (C=O) groups is 1. The lowest BCUT2D eigenvalue weighted by Crippen LogP contribution is -2.12. The molecule has 112 valence electrons. The van der Waals surface area contributed by atoms with E-state index < -0.39 is 16.0 Å². The van der Waals surface area contributed by atoms with E-state index in [2.05, 4.69) is 14.7 Å². The Morgan fingerprint density at radius 3 is 2.43 bits per heavy atom. The van der Waals surface area contributed by atoms with Crippen LogP contribution < -0.4 is 4.72 Å². The lowest BCUT2D eigenvalue weighted by atomic mass is 10.3. The molecule has 0 spiro atoms. The van der Waals surface area contributed by atoms with Gasteiger partial charge in [0.25, 0.3) is 10.0 Å². The molecule has 0 radical (unpaired) electrons. The van der Waals surface area contributed by atoms with Crippen LogP contribution in [0.15, 0.2) is 35.9 Å². The van der Waals surface area contributed by atoms with E-state index in [4.69, 9.17) is 5.11 Å². The minimum atomic E-state index is -3.90. The molecule has 0 amide bonds. The summed E-state index contributed by atoms with van der Waals surface area (Å²) in [5.74, 6) is -1.19. The number of carboxylic acid groups (broad SMARTS) is 1. The molecule has 9 heteroatoms. The highest BCUT2D eigenvalue weighted by Crippen LogP contribution is 2.21. The molecule has 0 unspecified atom stereocenters. The van der Waals surface area contributed by atoms with Crippen molar-refractivity contribution in [1.82, 2.24) is 14.5 Å². The molecule has 0 bridgehead atoms. The largest absolute Gasteiger partial charge is 0.477 e. The van der Waals surface area contributed by atoms with Gasteiger partial charge in [-0.1, -0.05) is 0 Å². The van der Waals surface area contributed by atoms with Crippen molar-refractivity contribution in [3.05, 3.63) is 36.7 Å². The molecule has 0 saturated heterocycles. The smallest absolute Gasteiger partial charge is 0.352 e. The third-order valence-electron chi connectivity index (χ3n) is 2.72. The zero-order valence-corrected chi connectivity index (χ0v) is 12.2. The molecule has 0 atom stereocenters. The van der Waals surface area contributed by atoms with Gasteiger partial charge in [-0.05, 0) is 19.9 Å². The van der Waals surface area contributed by atoms with Gasteiger partial charge in [-0.2, -0.15) is 0 Å². The van der Waals surface area contributed by atoms with Crippen molar-refractivity contribution in [3.8, 4) is 0 Å². The Labute approximate surface area is 121 Å². The normalized spacial score (nSPS) is 11.6. The summed E-state index contributed by atoms with van der Waals surface area (Å²) in [5, 5.41) is 9.13. The quantitative estimate of drug-likeness (QED) is 0.861. The van der Waals surface area contributed by atoms with Crippen LogP contribution in [-0.4, -0.2) is 34.0 Å². The second-order valence-electron chi connectivity index (χ2n) is 4.60. The lowest BCUT2D eigenvalue weighted by Gasteiger charge is -2.09. The summed E-state index contributed by atoms with van der Waals surface area (Å²) in [5.41, 5.74) is 0.112. The molecule has 0 aliphatic rings. The Hall–Kier alpha value is -2.42. The average Bonchev–Trinajstić information content (AvgIpc) is 2.85. The van der Waals surface area contributed by atoms with Gasteiger partial charge in [0.15, 0.2) is 0 Å². The number of nitrogens with one attached hydrogen (secondary N) is 1. The summed E-state index contributed by atoms with van der Waals surface area (Å²) in [4.78, 5) is 18.5. The number of hydrogen-bond acceptors (Lipinski definition) is 5. The standard InChI is InChI=1S/C12H14N4O4S/c1-8(2)16-6-10(3-11(16)12(17)18)21(19,20)15-9-4-13-7-14-5-9/h3-8,15H,1-2H3,(H,17,18). The topological polar surface area (TPSA) is 114 Å². The van der Waals surface area contributed by atoms with Crippen molar-refractivity contribution in [1.29, 1.82) is 0 Å². The van der Waals surface area contributed by atoms with Crippen LogP contribution in [0.5, 0.6) is 0 Å². The first-order chi connectivity index (χ1) is 9.81. The van der Waals surface area contributed by atoms with Crippen LogP contribution in [0.1, 0.15) is 30.4 Å². The first-order valence-electron chi connectivity index (χ1n) is 6.04. The van der Waals surface area contributed by atoms with E-state index in [1.807, 2.05) is 0 Å². The van der Waals surface area contributed by atoms with Crippen LogP contribution in [0, 0.1) is 0 Å². The predicted octanol–water partition coefficient (Wildman–Crippen LogP) is 1.36. The van der Waals surface area contributed by atoms with Gasteiger partial charge in [0, 0.05) is 12.2 Å². The summed E-state index contributed by atoms with van der Waals surface area (Å²) < 4.78 is 28.2. The van der Waals surface area contributed by atoms with Gasteiger partial charge in [0.2, 0.25) is 0 Å². The second-order valence-corrected chi connectivity index (χ2v) is 6.28. The molecule has 0 aromatic carbocycles. The van der Waals surface area contributed by atoms with Crippen molar-refractivity contribution < 1.29 is 18.3 Å². The molecule has 21 heavy (non-hydrogen) atoms. The highest BCUT2D eigenvalue weighted by molar-refractivity contribution is 7.92. The van der Waals surface area contributed by atoms with Crippen LogP contribution >= 0.6 is 0 Å². The molecule has 0 aliphatic heterocycles. The van der Waals surface area contributed by atoms with Crippen molar-refractivity contribution in [2.75, 3.05) is 4.72 Å². The summed E-state index contributed by atoms with van der Waals surface area (Å²) >= 11 is 0. The van der Waals surface area contributed by atoms with E-state index in [0.29, 0.717) is 0 Å². The van der Waals surface area contributed by atoms with Gasteiger partial charge in [-0.15, -0.1) is 0 Å². The van der Waals surface area contributed by atoms with Crippen LogP contribution in [-0.2, 0) is 10.0 Å². The maximum Gasteiger partial charge on any atom is 0.352 e. The Morgan fingerprint density at radius 1 is 1.33 bits per heavy atom. The van der Waals surface area contributed by atoms with E-state index in [1.165, 1.54) is 29.5 Å². The molecule has 2 N–H and O–H groups in total. The average molecular weight is 310 g/mol. The van der Waals surface area contributed by atoms with Gasteiger partial charge in [-0.3, -0.25) is 4.72 Å². The van der Waals surface area contributed by atoms with Crippen LogP contribution in [0.25, 0.3) is 0 Å². The molecule has 2 aromatic heterocycles. The summed E-state index contributed by atoms with van der Waals surface area (Å²) in [6.07, 6.45) is 5.18. The highest BCUT2D eigenvalue weighted by atomic mass is 32.2. The fourth-order valence-electron chi connectivity index (χ4n) is 1.77. The molecule has 2 aromatic rings. The molecular weight excluding hydrogens is 296 g/mol. The summed E-state index contributed by atoms with van der Waals surface area (Å²) in [6.45, 7) is 3.53. The number of aromatic nitrogens is 3. The highest BCUT2D eigenvalue weighted by Gasteiger charge is 2.22. The zero-order chi connectivity index (χ0) is 15.6. The predicted molar refractivity (Wildman–Crippen MR) is 74.6 cm³/mol. The molecule has 2 heterocycles. The van der Waals surface area contributed by atoms with Gasteiger partial charge < -0.3 is 9.67 Å². The molecule has 0 saturated carbocycles. The van der Waals surface area contributed by atoms with Crippen LogP contribution in [0.4, 0.5) is 5.69 Å². The Morgan fingerprint density at radius 2 is 1.95 bits per heavy atom. The third kappa shape index (κ3) is 3.19. The monoisotopic (exact) mass is 310 g/mol. The Balaban J connectivity index is 2.41. The lowest BCUT2D eigenvalue weighted by molar-refractivity contribution is 0.0683. The van der Waals surface area contributed by atoms with Gasteiger partial charge in [0.05, 0.1) is 18.1 Å². The van der Waals surface area contributed by atoms with E-state index in [-0.39, 0.29) is 22.3 Å². The number of nitrogens with zero attached hydrogens (tertiary/aromatic N) is 3. The maximum atomic E-state index is 12.2. The SMILES string of the molecule is CC(C)n1cc(S(=O)(=O)Nc2cncnc2)cc1C(=O)O. The molecule has 2 rings (SSSR count). The van der Waals surface area contributed by atoms with E-state index in [0.717, 1.165) is 6.07 Å². The zero-order valence-electron chi connectivity index (χ0n) is 11.4. The van der Waals surface area contributed by atoms with Gasteiger partial charge >= 0.3 is 5.97 Å². The number of carboxylic acids is 1. The second kappa shape index (κ2) is 5.52. The van der Waals surface area contributed by atoms with Crippen molar-refractivity contribution in [3.63, 3.8) is 0 Å². The Bertz CT molecular complexity index is 753. The van der Waals surface area contributed by atoms with E-state index in [1.54, 1.807) is 13.8 Å². The molecule has 0 aliphatic carbocycles. The number of aromatic carboxylic acids is 1. The number of anilines is 1. The number of hydrogen-bond donors (Lipinski definition) is 2. The molecule has 8 nitrogen and oxygen atoms in total. The maximum absolute atomic E-state index is 12.2. The first kappa shape index (κ1) is 15.0. The van der Waals surface area contributed by atoms with Crippen molar-refractivity contribution >= 4 is 21.7 Å². The van der Waals surface area contributed by atoms with Crippen LogP contribution in [0.2, 0.25) is 0 Å². The summed E-state index contributed by atoms with van der Waals surface area (Å²) in [7, 11) is -3.90. The first-order valence-corrected chi connectivity index (χ1v) is 7.52. The van der Waals surface area contributed by atoms with E-state index in [9.17, 15) is 13.2 Å².